The molecule has 2 atom stereocenters. The molecule has 1 amide bonds. The summed E-state index contributed by atoms with van der Waals surface area (Å²) in [5, 5.41) is 2.96. The van der Waals surface area contributed by atoms with Crippen LogP contribution in [0.25, 0.3) is 0 Å². The lowest BCUT2D eigenvalue weighted by Crippen LogP contribution is -2.42. The molecule has 10 heteroatoms. The summed E-state index contributed by atoms with van der Waals surface area (Å²) in [6.45, 7) is 6.53. The summed E-state index contributed by atoms with van der Waals surface area (Å²) >= 11 is 11.6. The first kappa shape index (κ1) is 22.7. The summed E-state index contributed by atoms with van der Waals surface area (Å²) in [6, 6.07) is 2.50. The largest absolute Gasteiger partial charge is 0.454 e. The third-order valence-corrected chi connectivity index (χ3v) is 5.90. The first-order valence-corrected chi connectivity index (χ1v) is 10.1. The summed E-state index contributed by atoms with van der Waals surface area (Å²) in [5.41, 5.74) is 0. The SMILES string of the molecule is CC(C)C(C)NC(=O)COC(=O)[C@H](C)NS(=O)(=O)c1ccc(Cl)c(Cl)c1. The molecule has 26 heavy (non-hydrogen) atoms. The Morgan fingerprint density at radius 2 is 1.73 bits per heavy atom. The maximum Gasteiger partial charge on any atom is 0.324 e. The van der Waals surface area contributed by atoms with E-state index < -0.39 is 34.5 Å². The normalized spacial score (nSPS) is 14.0. The lowest BCUT2D eigenvalue weighted by molar-refractivity contribution is -0.150. The lowest BCUT2D eigenvalue weighted by Gasteiger charge is -2.18. The number of amides is 1. The molecular formula is C16H22Cl2N2O5S. The van der Waals surface area contributed by atoms with Gasteiger partial charge in [0.1, 0.15) is 6.04 Å². The van der Waals surface area contributed by atoms with E-state index in [4.69, 9.17) is 27.9 Å². The third kappa shape index (κ3) is 6.75. The molecule has 0 saturated carbocycles. The molecule has 0 radical (unpaired) electrons. The van der Waals surface area contributed by atoms with Crippen LogP contribution in [0.4, 0.5) is 0 Å². The number of esters is 1. The van der Waals surface area contributed by atoms with E-state index in [-0.39, 0.29) is 26.9 Å². The monoisotopic (exact) mass is 424 g/mol. The number of hydrogen-bond donors (Lipinski definition) is 2. The van der Waals surface area contributed by atoms with Crippen molar-refractivity contribution in [1.29, 1.82) is 0 Å². The molecule has 1 unspecified atom stereocenters. The van der Waals surface area contributed by atoms with Crippen LogP contribution in [0.5, 0.6) is 0 Å². The van der Waals surface area contributed by atoms with Gasteiger partial charge in [-0.05, 0) is 38.0 Å². The highest BCUT2D eigenvalue weighted by atomic mass is 35.5. The average Bonchev–Trinajstić information content (AvgIpc) is 2.54. The highest BCUT2D eigenvalue weighted by Gasteiger charge is 2.24. The number of ether oxygens (including phenoxy) is 1. The van der Waals surface area contributed by atoms with Gasteiger partial charge in [0.2, 0.25) is 10.0 Å². The van der Waals surface area contributed by atoms with Gasteiger partial charge in [0.25, 0.3) is 5.91 Å². The van der Waals surface area contributed by atoms with Crippen molar-refractivity contribution in [2.75, 3.05) is 6.61 Å². The fraction of sp³-hybridized carbons (Fsp3) is 0.500. The van der Waals surface area contributed by atoms with Crippen molar-refractivity contribution in [2.45, 2.75) is 44.7 Å². The summed E-state index contributed by atoms with van der Waals surface area (Å²) < 4.78 is 31.6. The zero-order chi connectivity index (χ0) is 20.1. The van der Waals surface area contributed by atoms with Crippen LogP contribution in [0.3, 0.4) is 0 Å². The molecule has 1 aromatic rings. The zero-order valence-electron chi connectivity index (χ0n) is 14.9. The van der Waals surface area contributed by atoms with E-state index in [2.05, 4.69) is 10.0 Å². The third-order valence-electron chi connectivity index (χ3n) is 3.62. The van der Waals surface area contributed by atoms with E-state index in [0.29, 0.717) is 0 Å². The number of sulfonamides is 1. The zero-order valence-corrected chi connectivity index (χ0v) is 17.2. The standard InChI is InChI=1S/C16H22Cl2N2O5S/c1-9(2)10(3)19-15(21)8-25-16(22)11(4)20-26(23,24)12-5-6-13(17)14(18)7-12/h5-7,9-11,20H,8H2,1-4H3,(H,19,21)/t10?,11-/m0/s1. The predicted molar refractivity (Wildman–Crippen MR) is 99.6 cm³/mol. The van der Waals surface area contributed by atoms with Crippen LogP contribution >= 0.6 is 23.2 Å². The minimum absolute atomic E-state index is 0.0701. The summed E-state index contributed by atoms with van der Waals surface area (Å²) in [5.74, 6) is -1.10. The minimum Gasteiger partial charge on any atom is -0.454 e. The molecule has 0 saturated heterocycles. The number of halogens is 2. The molecule has 0 bridgehead atoms. The second-order valence-corrected chi connectivity index (χ2v) is 8.66. The van der Waals surface area contributed by atoms with Crippen LogP contribution < -0.4 is 10.0 Å². The molecule has 0 fully saturated rings. The van der Waals surface area contributed by atoms with Crippen LogP contribution in [-0.2, 0) is 24.3 Å². The highest BCUT2D eigenvalue weighted by Crippen LogP contribution is 2.24. The van der Waals surface area contributed by atoms with Gasteiger partial charge in [0.15, 0.2) is 6.61 Å². The Bertz CT molecular complexity index is 768. The van der Waals surface area contributed by atoms with E-state index in [1.807, 2.05) is 20.8 Å². The van der Waals surface area contributed by atoms with Gasteiger partial charge in [-0.2, -0.15) is 4.72 Å². The molecule has 146 valence electrons. The number of rotatable bonds is 8. The minimum atomic E-state index is -4.01. The van der Waals surface area contributed by atoms with Crippen LogP contribution in [-0.4, -0.2) is 39.0 Å². The van der Waals surface area contributed by atoms with Gasteiger partial charge in [-0.1, -0.05) is 37.0 Å². The van der Waals surface area contributed by atoms with Crippen molar-refractivity contribution < 1.29 is 22.7 Å². The number of benzene rings is 1. The fourth-order valence-electron chi connectivity index (χ4n) is 1.72. The first-order valence-electron chi connectivity index (χ1n) is 7.87. The molecule has 0 spiro atoms. The number of nitrogens with one attached hydrogen (secondary N) is 2. The summed E-state index contributed by atoms with van der Waals surface area (Å²) in [7, 11) is -4.01. The lowest BCUT2D eigenvalue weighted by atomic mass is 10.1. The Balaban J connectivity index is 2.63. The predicted octanol–water partition coefficient (Wildman–Crippen LogP) is 2.36. The molecule has 1 rings (SSSR count). The van der Waals surface area contributed by atoms with Crippen LogP contribution in [0, 0.1) is 5.92 Å². The van der Waals surface area contributed by atoms with E-state index in [1.165, 1.54) is 25.1 Å². The van der Waals surface area contributed by atoms with E-state index in [9.17, 15) is 18.0 Å². The Kier molecular flexibility index (Phi) is 8.33. The molecule has 0 aromatic heterocycles. The average molecular weight is 425 g/mol. The van der Waals surface area contributed by atoms with Gasteiger partial charge in [0, 0.05) is 6.04 Å². The van der Waals surface area contributed by atoms with Crippen molar-refractivity contribution in [3.05, 3.63) is 28.2 Å². The molecular weight excluding hydrogens is 403 g/mol. The Morgan fingerprint density at radius 1 is 1.12 bits per heavy atom. The molecule has 1 aromatic carbocycles. The van der Waals surface area contributed by atoms with Gasteiger partial charge in [-0.3, -0.25) is 9.59 Å². The van der Waals surface area contributed by atoms with E-state index in [1.54, 1.807) is 0 Å². The van der Waals surface area contributed by atoms with Gasteiger partial charge in [-0.15, -0.1) is 0 Å². The Morgan fingerprint density at radius 3 is 2.27 bits per heavy atom. The van der Waals surface area contributed by atoms with Crippen molar-refractivity contribution >= 4 is 45.1 Å². The maximum atomic E-state index is 12.3. The van der Waals surface area contributed by atoms with Crippen molar-refractivity contribution in [1.82, 2.24) is 10.0 Å². The van der Waals surface area contributed by atoms with Crippen LogP contribution in [0.15, 0.2) is 23.1 Å². The quantitative estimate of drug-likeness (QED) is 0.623. The molecule has 2 N–H and O–H groups in total. The molecule has 7 nitrogen and oxygen atoms in total. The molecule has 0 heterocycles. The Hall–Kier alpha value is -1.35. The van der Waals surface area contributed by atoms with Gasteiger partial charge in [0.05, 0.1) is 14.9 Å². The first-order chi connectivity index (χ1) is 11.9. The van der Waals surface area contributed by atoms with Crippen molar-refractivity contribution in [3.8, 4) is 0 Å². The van der Waals surface area contributed by atoms with E-state index in [0.717, 1.165) is 0 Å². The van der Waals surface area contributed by atoms with Crippen LogP contribution in [0.2, 0.25) is 10.0 Å². The fourth-order valence-corrected chi connectivity index (χ4v) is 3.30. The molecule has 0 aliphatic carbocycles. The Labute approximate surface area is 163 Å². The number of carbonyl (C=O) groups is 2. The van der Waals surface area contributed by atoms with Crippen LogP contribution in [0.1, 0.15) is 27.7 Å². The maximum absolute atomic E-state index is 12.3. The topological polar surface area (TPSA) is 102 Å². The summed E-state index contributed by atoms with van der Waals surface area (Å²) in [4.78, 5) is 23.5. The smallest absolute Gasteiger partial charge is 0.324 e. The van der Waals surface area contributed by atoms with E-state index >= 15 is 0 Å². The van der Waals surface area contributed by atoms with Crippen molar-refractivity contribution in [3.63, 3.8) is 0 Å². The van der Waals surface area contributed by atoms with Gasteiger partial charge >= 0.3 is 5.97 Å². The summed E-state index contributed by atoms with van der Waals surface area (Å²) in [6.07, 6.45) is 0. The molecule has 0 aliphatic rings. The number of carbonyl (C=O) groups excluding carboxylic acids is 2. The highest BCUT2D eigenvalue weighted by molar-refractivity contribution is 7.89. The second kappa shape index (κ2) is 9.55. The van der Waals surface area contributed by atoms with Crippen molar-refractivity contribution in [2.24, 2.45) is 5.92 Å². The van der Waals surface area contributed by atoms with Gasteiger partial charge < -0.3 is 10.1 Å². The number of hydrogen-bond acceptors (Lipinski definition) is 5. The van der Waals surface area contributed by atoms with Gasteiger partial charge in [-0.25, -0.2) is 8.42 Å². The second-order valence-electron chi connectivity index (χ2n) is 6.13. The molecule has 0 aliphatic heterocycles.